The van der Waals surface area contributed by atoms with Crippen molar-refractivity contribution in [1.29, 1.82) is 0 Å². The maximum absolute atomic E-state index is 6.68. The first-order chi connectivity index (χ1) is 15.6. The summed E-state index contributed by atoms with van der Waals surface area (Å²) in [5, 5.41) is 2.86. The van der Waals surface area contributed by atoms with Crippen LogP contribution in [0, 0.1) is 27.7 Å². The van der Waals surface area contributed by atoms with E-state index >= 15 is 0 Å². The van der Waals surface area contributed by atoms with Gasteiger partial charge in [-0.3, -0.25) is 0 Å². The van der Waals surface area contributed by atoms with Crippen molar-refractivity contribution in [2.45, 2.75) is 27.7 Å². The standard InChI is InChI=1S/C28H24BCl4/c1-17-5-9-21(13-25(17)30)29(22-10-6-18(2)26(31)14-22,23-11-7-19(3)27(32)15-23)24-12-8-20(4)28(33)16-24/h5-16H,1-4H3/q-1. The van der Waals surface area contributed by atoms with Crippen LogP contribution in [0.3, 0.4) is 0 Å². The quantitative estimate of drug-likeness (QED) is 0.260. The van der Waals surface area contributed by atoms with Crippen LogP contribution in [0.15, 0.2) is 72.8 Å². The van der Waals surface area contributed by atoms with E-state index in [1.54, 1.807) is 0 Å². The van der Waals surface area contributed by atoms with Crippen LogP contribution in [0.4, 0.5) is 0 Å². The van der Waals surface area contributed by atoms with E-state index in [1.165, 1.54) is 0 Å². The molecule has 168 valence electrons. The Balaban J connectivity index is 2.21. The monoisotopic (exact) mass is 511 g/mol. The Kier molecular flexibility index (Phi) is 6.90. The molecule has 0 N–H and O–H groups in total. The number of hydrogen-bond donors (Lipinski definition) is 0. The lowest BCUT2D eigenvalue weighted by Gasteiger charge is -2.45. The molecule has 0 aliphatic carbocycles. The zero-order valence-corrected chi connectivity index (χ0v) is 22.0. The summed E-state index contributed by atoms with van der Waals surface area (Å²) in [4.78, 5) is 0. The van der Waals surface area contributed by atoms with Crippen molar-refractivity contribution >= 4 is 74.4 Å². The van der Waals surface area contributed by atoms with Crippen LogP contribution in [-0.2, 0) is 0 Å². The van der Waals surface area contributed by atoms with Gasteiger partial charge >= 0.3 is 0 Å². The Hall–Kier alpha value is -1.90. The first-order valence-corrected chi connectivity index (χ1v) is 12.4. The van der Waals surface area contributed by atoms with Crippen LogP contribution in [0.5, 0.6) is 0 Å². The molecule has 0 atom stereocenters. The zero-order chi connectivity index (χ0) is 23.9. The molecule has 0 saturated heterocycles. The van der Waals surface area contributed by atoms with Gasteiger partial charge < -0.3 is 0 Å². The van der Waals surface area contributed by atoms with Crippen LogP contribution in [0.2, 0.25) is 20.1 Å². The third-order valence-corrected chi connectivity index (χ3v) is 8.41. The molecule has 5 heteroatoms. The smallest absolute Gasteiger partial charge is 0.108 e. The fraction of sp³-hybridized carbons (Fsp3) is 0.143. The number of benzene rings is 4. The average Bonchev–Trinajstić information content (AvgIpc) is 2.78. The molecule has 0 aromatic heterocycles. The number of hydrogen-bond acceptors (Lipinski definition) is 0. The van der Waals surface area contributed by atoms with Gasteiger partial charge in [-0.05, 0) is 49.9 Å². The summed E-state index contributed by atoms with van der Waals surface area (Å²) in [6.07, 6.45) is -1.69. The molecular weight excluding hydrogens is 489 g/mol. The van der Waals surface area contributed by atoms with Gasteiger partial charge in [0.2, 0.25) is 0 Å². The number of aryl methyl sites for hydroxylation is 4. The van der Waals surface area contributed by atoms with E-state index in [0.29, 0.717) is 20.1 Å². The van der Waals surface area contributed by atoms with E-state index in [-0.39, 0.29) is 0 Å². The van der Waals surface area contributed by atoms with Crippen molar-refractivity contribution in [1.82, 2.24) is 0 Å². The maximum Gasteiger partial charge on any atom is 0.108 e. The lowest BCUT2D eigenvalue weighted by Crippen LogP contribution is -2.74. The van der Waals surface area contributed by atoms with Crippen molar-refractivity contribution < 1.29 is 0 Å². The number of halogens is 4. The second kappa shape index (κ2) is 9.39. The Morgan fingerprint density at radius 1 is 0.394 bits per heavy atom. The van der Waals surface area contributed by atoms with Crippen LogP contribution in [0.1, 0.15) is 22.3 Å². The van der Waals surface area contributed by atoms with E-state index in [4.69, 9.17) is 46.4 Å². The molecule has 0 unspecified atom stereocenters. The average molecular weight is 513 g/mol. The summed E-state index contributed by atoms with van der Waals surface area (Å²) >= 11 is 26.7. The fourth-order valence-electron chi connectivity index (χ4n) is 4.67. The van der Waals surface area contributed by atoms with Crippen molar-refractivity contribution in [3.8, 4) is 0 Å². The second-order valence-corrected chi connectivity index (χ2v) is 10.5. The minimum Gasteiger partial charge on any atom is -0.194 e. The highest BCUT2D eigenvalue weighted by atomic mass is 35.5. The molecule has 0 aliphatic heterocycles. The molecule has 33 heavy (non-hydrogen) atoms. The first-order valence-electron chi connectivity index (χ1n) is 10.9. The molecule has 0 radical (unpaired) electrons. The molecular formula is C28H24BCl4-. The molecule has 0 nitrogen and oxygen atoms in total. The predicted molar refractivity (Wildman–Crippen MR) is 149 cm³/mol. The van der Waals surface area contributed by atoms with E-state index < -0.39 is 6.15 Å². The Bertz CT molecular complexity index is 1150. The van der Waals surface area contributed by atoms with E-state index in [0.717, 1.165) is 44.1 Å². The van der Waals surface area contributed by atoms with Crippen LogP contribution in [-0.4, -0.2) is 6.15 Å². The molecule has 0 amide bonds. The van der Waals surface area contributed by atoms with Gasteiger partial charge in [0, 0.05) is 20.1 Å². The lowest BCUT2D eigenvalue weighted by atomic mass is 9.13. The summed E-state index contributed by atoms with van der Waals surface area (Å²) in [7, 11) is 0. The summed E-state index contributed by atoms with van der Waals surface area (Å²) < 4.78 is 0. The van der Waals surface area contributed by atoms with Gasteiger partial charge in [-0.2, -0.15) is 21.9 Å². The molecule has 0 fully saturated rings. The topological polar surface area (TPSA) is 0 Å². The second-order valence-electron chi connectivity index (χ2n) is 8.90. The van der Waals surface area contributed by atoms with Gasteiger partial charge in [-0.15, -0.1) is 0 Å². The molecule has 0 heterocycles. The molecule has 0 saturated carbocycles. The summed E-state index contributed by atoms with van der Waals surface area (Å²) in [6.45, 7) is 8.04. The van der Waals surface area contributed by atoms with Crippen molar-refractivity contribution in [3.63, 3.8) is 0 Å². The van der Waals surface area contributed by atoms with E-state index in [9.17, 15) is 0 Å². The highest BCUT2D eigenvalue weighted by molar-refractivity contribution is 7.20. The zero-order valence-electron chi connectivity index (χ0n) is 19.0. The van der Waals surface area contributed by atoms with Crippen LogP contribution in [0.25, 0.3) is 0 Å². The highest BCUT2D eigenvalue weighted by Crippen LogP contribution is 2.23. The van der Waals surface area contributed by atoms with Crippen LogP contribution >= 0.6 is 46.4 Å². The van der Waals surface area contributed by atoms with E-state index in [1.807, 2.05) is 27.7 Å². The third-order valence-electron chi connectivity index (χ3n) is 6.78. The first kappa shape index (κ1) is 24.2. The largest absolute Gasteiger partial charge is 0.194 e. The van der Waals surface area contributed by atoms with Gasteiger partial charge in [-0.1, -0.05) is 119 Å². The van der Waals surface area contributed by atoms with Crippen molar-refractivity contribution in [3.05, 3.63) is 115 Å². The molecule has 4 aromatic carbocycles. The van der Waals surface area contributed by atoms with Gasteiger partial charge in [0.05, 0.1) is 0 Å². The van der Waals surface area contributed by atoms with Crippen molar-refractivity contribution in [2.75, 3.05) is 0 Å². The maximum atomic E-state index is 6.68. The SMILES string of the molecule is Cc1ccc([B-](c2ccc(C)c(Cl)c2)(c2ccc(C)c(Cl)c2)c2ccc(C)c(Cl)c2)cc1Cl. The minimum absolute atomic E-state index is 0.716. The molecule has 4 aromatic rings. The predicted octanol–water partition coefficient (Wildman–Crippen LogP) is 6.91. The minimum atomic E-state index is -1.69. The summed E-state index contributed by atoms with van der Waals surface area (Å²) in [6, 6.07) is 25.1. The Morgan fingerprint density at radius 3 is 0.788 bits per heavy atom. The normalized spacial score (nSPS) is 11.6. The number of rotatable bonds is 4. The summed E-state index contributed by atoms with van der Waals surface area (Å²) in [5.74, 6) is 0. The van der Waals surface area contributed by atoms with Gasteiger partial charge in [0.1, 0.15) is 6.15 Å². The molecule has 0 spiro atoms. The van der Waals surface area contributed by atoms with Gasteiger partial charge in [-0.25, -0.2) is 0 Å². The Morgan fingerprint density at radius 2 is 0.606 bits per heavy atom. The lowest BCUT2D eigenvalue weighted by molar-refractivity contribution is 1.46. The highest BCUT2D eigenvalue weighted by Gasteiger charge is 2.33. The fourth-order valence-corrected chi connectivity index (χ4v) is 5.42. The summed E-state index contributed by atoms with van der Waals surface area (Å²) in [5.41, 5.74) is 8.39. The van der Waals surface area contributed by atoms with Crippen molar-refractivity contribution in [2.24, 2.45) is 0 Å². The molecule has 0 bridgehead atoms. The van der Waals surface area contributed by atoms with Gasteiger partial charge in [0.25, 0.3) is 0 Å². The van der Waals surface area contributed by atoms with Gasteiger partial charge in [0.15, 0.2) is 0 Å². The molecule has 0 aliphatic rings. The third kappa shape index (κ3) is 4.33. The van der Waals surface area contributed by atoms with Crippen LogP contribution < -0.4 is 21.9 Å². The Labute approximate surface area is 216 Å². The molecule has 4 rings (SSSR count). The van der Waals surface area contributed by atoms with E-state index in [2.05, 4.69) is 72.8 Å².